The van der Waals surface area contributed by atoms with Gasteiger partial charge in [0.05, 0.1) is 13.3 Å². The summed E-state index contributed by atoms with van der Waals surface area (Å²) >= 11 is 0. The summed E-state index contributed by atoms with van der Waals surface area (Å²) in [6.07, 6.45) is -4.08. The number of hydrogen-bond acceptors (Lipinski definition) is 4. The number of aromatic nitrogens is 2. The van der Waals surface area contributed by atoms with Gasteiger partial charge >= 0.3 is 12.1 Å². The first-order valence-electron chi connectivity index (χ1n) is 3.57. The van der Waals surface area contributed by atoms with E-state index in [4.69, 9.17) is 5.11 Å². The van der Waals surface area contributed by atoms with Crippen molar-refractivity contribution in [1.82, 2.24) is 9.97 Å². The molecule has 8 heteroatoms. The fourth-order valence-corrected chi connectivity index (χ4v) is 0.825. The van der Waals surface area contributed by atoms with Crippen LogP contribution in [0.2, 0.25) is 0 Å². The highest BCUT2D eigenvalue weighted by atomic mass is 19.4. The molecule has 0 amide bonds. The van der Waals surface area contributed by atoms with Crippen LogP contribution in [0.4, 0.5) is 13.2 Å². The van der Waals surface area contributed by atoms with Gasteiger partial charge in [0.25, 0.3) is 0 Å². The van der Waals surface area contributed by atoms with Crippen molar-refractivity contribution in [3.63, 3.8) is 0 Å². The zero-order chi connectivity index (χ0) is 11.6. The molecule has 0 aliphatic carbocycles. The highest BCUT2D eigenvalue weighted by molar-refractivity contribution is 5.86. The number of carbonyl (C=O) groups is 1. The molecule has 0 aromatic carbocycles. The molecule has 15 heavy (non-hydrogen) atoms. The van der Waals surface area contributed by atoms with E-state index in [0.717, 1.165) is 13.3 Å². The van der Waals surface area contributed by atoms with Gasteiger partial charge in [-0.05, 0) is 0 Å². The van der Waals surface area contributed by atoms with Crippen LogP contribution in [0.5, 0.6) is 5.88 Å². The Labute approximate surface area is 81.5 Å². The van der Waals surface area contributed by atoms with E-state index < -0.39 is 29.4 Å². The van der Waals surface area contributed by atoms with E-state index in [0.29, 0.717) is 0 Å². The highest BCUT2D eigenvalue weighted by Gasteiger charge is 2.39. The lowest BCUT2D eigenvalue weighted by Crippen LogP contribution is -2.17. The monoisotopic (exact) mass is 222 g/mol. The molecule has 0 fully saturated rings. The molecule has 1 aromatic heterocycles. The van der Waals surface area contributed by atoms with Crippen molar-refractivity contribution in [3.8, 4) is 5.88 Å². The molecule has 0 spiro atoms. The standard InChI is InChI=1S/C7H5F3N2O3/c1-15-3-2-11-4(6(13)14)5(12-3)7(8,9)10/h2H,1H3,(H,13,14). The zero-order valence-corrected chi connectivity index (χ0v) is 7.37. The van der Waals surface area contributed by atoms with Crippen molar-refractivity contribution < 1.29 is 27.8 Å². The molecule has 0 atom stereocenters. The summed E-state index contributed by atoms with van der Waals surface area (Å²) in [7, 11) is 1.10. The van der Waals surface area contributed by atoms with Crippen LogP contribution in [0.25, 0.3) is 0 Å². The molecule has 0 radical (unpaired) electrons. The maximum atomic E-state index is 12.3. The van der Waals surface area contributed by atoms with Crippen LogP contribution >= 0.6 is 0 Å². The van der Waals surface area contributed by atoms with Crippen molar-refractivity contribution in [2.24, 2.45) is 0 Å². The number of alkyl halides is 3. The number of halogens is 3. The van der Waals surface area contributed by atoms with E-state index in [1.54, 1.807) is 0 Å². The summed E-state index contributed by atoms with van der Waals surface area (Å²) in [5.41, 5.74) is -2.72. The van der Waals surface area contributed by atoms with Crippen molar-refractivity contribution in [3.05, 3.63) is 17.6 Å². The van der Waals surface area contributed by atoms with Gasteiger partial charge < -0.3 is 9.84 Å². The third-order valence-corrected chi connectivity index (χ3v) is 1.43. The first kappa shape index (κ1) is 11.2. The Hall–Kier alpha value is -1.86. The average Bonchev–Trinajstić information content (AvgIpc) is 2.15. The maximum absolute atomic E-state index is 12.3. The fraction of sp³-hybridized carbons (Fsp3) is 0.286. The molecule has 0 saturated heterocycles. The van der Waals surface area contributed by atoms with Crippen LogP contribution in [0.15, 0.2) is 6.20 Å². The lowest BCUT2D eigenvalue weighted by molar-refractivity contribution is -0.142. The van der Waals surface area contributed by atoms with Gasteiger partial charge in [0, 0.05) is 0 Å². The molecular weight excluding hydrogens is 217 g/mol. The summed E-state index contributed by atoms with van der Waals surface area (Å²) in [4.78, 5) is 16.5. The number of carboxylic acids is 1. The number of methoxy groups -OCH3 is 1. The van der Waals surface area contributed by atoms with Crippen LogP contribution < -0.4 is 4.74 Å². The predicted octanol–water partition coefficient (Wildman–Crippen LogP) is 1.20. The third kappa shape index (κ3) is 2.33. The van der Waals surface area contributed by atoms with Crippen LogP contribution in [-0.2, 0) is 6.18 Å². The number of carboxylic acid groups (broad SMARTS) is 1. The molecule has 1 heterocycles. The normalized spacial score (nSPS) is 11.2. The van der Waals surface area contributed by atoms with Crippen molar-refractivity contribution >= 4 is 5.97 Å². The summed E-state index contributed by atoms with van der Waals surface area (Å²) < 4.78 is 41.3. The minimum absolute atomic E-state index is 0.396. The Morgan fingerprint density at radius 1 is 1.53 bits per heavy atom. The third-order valence-electron chi connectivity index (χ3n) is 1.43. The Kier molecular flexibility index (Phi) is 2.78. The van der Waals surface area contributed by atoms with Gasteiger partial charge in [-0.15, -0.1) is 0 Å². The number of nitrogens with zero attached hydrogens (tertiary/aromatic N) is 2. The molecular formula is C7H5F3N2O3. The van der Waals surface area contributed by atoms with Gasteiger partial charge in [-0.25, -0.2) is 14.8 Å². The molecule has 0 unspecified atom stereocenters. The Bertz CT molecular complexity index is 392. The first-order chi connectivity index (χ1) is 6.86. The Morgan fingerprint density at radius 3 is 2.53 bits per heavy atom. The zero-order valence-electron chi connectivity index (χ0n) is 7.37. The molecule has 0 saturated carbocycles. The van der Waals surface area contributed by atoms with E-state index in [9.17, 15) is 18.0 Å². The van der Waals surface area contributed by atoms with E-state index in [-0.39, 0.29) is 0 Å². The van der Waals surface area contributed by atoms with E-state index in [1.165, 1.54) is 0 Å². The Morgan fingerprint density at radius 2 is 2.13 bits per heavy atom. The van der Waals surface area contributed by atoms with Crippen LogP contribution in [0, 0.1) is 0 Å². The van der Waals surface area contributed by atoms with E-state index >= 15 is 0 Å². The smallest absolute Gasteiger partial charge is 0.435 e. The Balaban J connectivity index is 3.36. The summed E-state index contributed by atoms with van der Waals surface area (Å²) in [6.45, 7) is 0. The van der Waals surface area contributed by atoms with Crippen molar-refractivity contribution in [2.75, 3.05) is 7.11 Å². The number of hydrogen-bond donors (Lipinski definition) is 1. The predicted molar refractivity (Wildman–Crippen MR) is 40.5 cm³/mol. The van der Waals surface area contributed by atoms with Crippen LogP contribution in [0.1, 0.15) is 16.2 Å². The molecule has 0 aliphatic rings. The van der Waals surface area contributed by atoms with Gasteiger partial charge in [-0.2, -0.15) is 13.2 Å². The minimum Gasteiger partial charge on any atom is -0.480 e. The lowest BCUT2D eigenvalue weighted by atomic mass is 10.3. The molecule has 0 bridgehead atoms. The molecule has 5 nitrogen and oxygen atoms in total. The van der Waals surface area contributed by atoms with Crippen molar-refractivity contribution in [1.29, 1.82) is 0 Å². The van der Waals surface area contributed by atoms with E-state index in [1.807, 2.05) is 0 Å². The van der Waals surface area contributed by atoms with Gasteiger partial charge in [0.15, 0.2) is 11.4 Å². The van der Waals surface area contributed by atoms with Crippen LogP contribution in [0.3, 0.4) is 0 Å². The second-order valence-electron chi connectivity index (χ2n) is 2.41. The largest absolute Gasteiger partial charge is 0.480 e. The second kappa shape index (κ2) is 3.71. The number of ether oxygens (including phenoxy) is 1. The lowest BCUT2D eigenvalue weighted by Gasteiger charge is -2.08. The van der Waals surface area contributed by atoms with Gasteiger partial charge in [0.1, 0.15) is 0 Å². The molecule has 82 valence electrons. The van der Waals surface area contributed by atoms with Crippen molar-refractivity contribution in [2.45, 2.75) is 6.18 Å². The quantitative estimate of drug-likeness (QED) is 0.813. The first-order valence-corrected chi connectivity index (χ1v) is 3.57. The maximum Gasteiger partial charge on any atom is 0.435 e. The van der Waals surface area contributed by atoms with Gasteiger partial charge in [-0.3, -0.25) is 0 Å². The SMILES string of the molecule is COc1cnc(C(=O)O)c(C(F)(F)F)n1. The summed E-state index contributed by atoms with van der Waals surface area (Å²) in [6, 6.07) is 0. The minimum atomic E-state index is -4.88. The molecule has 1 N–H and O–H groups in total. The average molecular weight is 222 g/mol. The molecule has 0 aliphatic heterocycles. The number of rotatable bonds is 2. The molecule has 1 rings (SSSR count). The molecule has 1 aromatic rings. The summed E-state index contributed by atoms with van der Waals surface area (Å²) in [5.74, 6) is -2.19. The topological polar surface area (TPSA) is 72.3 Å². The summed E-state index contributed by atoms with van der Waals surface area (Å²) in [5, 5.41) is 8.45. The van der Waals surface area contributed by atoms with E-state index in [2.05, 4.69) is 14.7 Å². The van der Waals surface area contributed by atoms with Crippen LogP contribution in [-0.4, -0.2) is 28.2 Å². The fourth-order valence-electron chi connectivity index (χ4n) is 0.825. The second-order valence-corrected chi connectivity index (χ2v) is 2.41. The number of aromatic carboxylic acids is 1. The highest BCUT2D eigenvalue weighted by Crippen LogP contribution is 2.30. The van der Waals surface area contributed by atoms with Gasteiger partial charge in [-0.1, -0.05) is 0 Å². The van der Waals surface area contributed by atoms with Gasteiger partial charge in [0.2, 0.25) is 5.88 Å².